The fraction of sp³-hybridized carbons (Fsp3) is 0.933. The summed E-state index contributed by atoms with van der Waals surface area (Å²) >= 11 is 0. The third kappa shape index (κ3) is 2.42. The number of carbonyl (C=O) groups excluding carboxylic acids is 1. The monoisotopic (exact) mass is 281 g/mol. The van der Waals surface area contributed by atoms with Gasteiger partial charge in [-0.1, -0.05) is 0 Å². The van der Waals surface area contributed by atoms with Crippen LogP contribution in [0.3, 0.4) is 0 Å². The summed E-state index contributed by atoms with van der Waals surface area (Å²) in [6, 6.07) is 0.269. The van der Waals surface area contributed by atoms with Crippen molar-refractivity contribution in [2.45, 2.75) is 19.3 Å². The molecule has 0 radical (unpaired) electrons. The average Bonchev–Trinajstić information content (AvgIpc) is 3.12. The van der Waals surface area contributed by atoms with Crippen LogP contribution in [0.5, 0.6) is 0 Å². The molecule has 5 nitrogen and oxygen atoms in total. The number of amides is 2. The summed E-state index contributed by atoms with van der Waals surface area (Å²) in [5, 5.41) is 0. The van der Waals surface area contributed by atoms with Gasteiger partial charge in [0.1, 0.15) is 0 Å². The van der Waals surface area contributed by atoms with Crippen LogP contribution in [0.4, 0.5) is 4.79 Å². The smallest absolute Gasteiger partial charge is 0.320 e. The van der Waals surface area contributed by atoms with Gasteiger partial charge in [-0.15, -0.1) is 0 Å². The molecule has 0 bridgehead atoms. The average molecular weight is 281 g/mol. The summed E-state index contributed by atoms with van der Waals surface area (Å²) in [7, 11) is 3.97. The fourth-order valence-electron chi connectivity index (χ4n) is 4.36. The van der Waals surface area contributed by atoms with E-state index in [4.69, 9.17) is 4.74 Å². The fourth-order valence-corrected chi connectivity index (χ4v) is 4.36. The summed E-state index contributed by atoms with van der Waals surface area (Å²) in [6.07, 6.45) is 3.46. The van der Waals surface area contributed by atoms with Crippen LogP contribution in [0, 0.1) is 11.3 Å². The van der Waals surface area contributed by atoms with Gasteiger partial charge >= 0.3 is 6.03 Å². The molecule has 0 aromatic heterocycles. The molecule has 0 N–H and O–H groups in total. The van der Waals surface area contributed by atoms with Gasteiger partial charge in [-0.3, -0.25) is 0 Å². The Kier molecular flexibility index (Phi) is 3.91. The lowest BCUT2D eigenvalue weighted by Gasteiger charge is -2.31. The summed E-state index contributed by atoms with van der Waals surface area (Å²) in [6.45, 7) is 6.75. The van der Waals surface area contributed by atoms with E-state index in [1.54, 1.807) is 7.11 Å². The zero-order valence-electron chi connectivity index (χ0n) is 12.8. The normalized spacial score (nSPS) is 34.6. The number of methoxy groups -OCH3 is 1. The quantitative estimate of drug-likeness (QED) is 0.760. The second-order valence-corrected chi connectivity index (χ2v) is 6.86. The van der Waals surface area contributed by atoms with Gasteiger partial charge in [-0.2, -0.15) is 0 Å². The number of nitrogens with zero attached hydrogens (tertiary/aromatic N) is 3. The molecular weight excluding hydrogens is 254 g/mol. The molecule has 2 amide bonds. The Hall–Kier alpha value is -0.810. The lowest BCUT2D eigenvalue weighted by Crippen LogP contribution is -2.43. The third-order valence-corrected chi connectivity index (χ3v) is 5.38. The van der Waals surface area contributed by atoms with Crippen molar-refractivity contribution in [3.05, 3.63) is 0 Å². The number of carbonyl (C=O) groups is 1. The lowest BCUT2D eigenvalue weighted by atomic mass is 9.78. The van der Waals surface area contributed by atoms with Gasteiger partial charge in [0.2, 0.25) is 0 Å². The van der Waals surface area contributed by atoms with E-state index < -0.39 is 0 Å². The van der Waals surface area contributed by atoms with Crippen LogP contribution in [0.25, 0.3) is 0 Å². The van der Waals surface area contributed by atoms with E-state index in [-0.39, 0.29) is 11.4 Å². The van der Waals surface area contributed by atoms with E-state index in [1.165, 1.54) is 12.8 Å². The maximum atomic E-state index is 12.5. The Morgan fingerprint density at radius 2 is 1.95 bits per heavy atom. The van der Waals surface area contributed by atoms with Crippen molar-refractivity contribution in [2.75, 3.05) is 60.0 Å². The van der Waals surface area contributed by atoms with Gasteiger partial charge in [-0.25, -0.2) is 4.79 Å². The highest BCUT2D eigenvalue weighted by molar-refractivity contribution is 5.75. The van der Waals surface area contributed by atoms with Crippen LogP contribution < -0.4 is 0 Å². The van der Waals surface area contributed by atoms with Crippen LogP contribution in [0.1, 0.15) is 19.3 Å². The molecule has 3 saturated heterocycles. The molecule has 2 atom stereocenters. The van der Waals surface area contributed by atoms with E-state index in [1.807, 2.05) is 4.90 Å². The summed E-state index contributed by atoms with van der Waals surface area (Å²) in [5.41, 5.74) is 0.264. The maximum Gasteiger partial charge on any atom is 0.320 e. The molecule has 3 rings (SSSR count). The van der Waals surface area contributed by atoms with Gasteiger partial charge < -0.3 is 19.4 Å². The molecule has 114 valence electrons. The van der Waals surface area contributed by atoms with Crippen molar-refractivity contribution >= 4 is 6.03 Å². The molecule has 0 aromatic rings. The predicted molar refractivity (Wildman–Crippen MR) is 77.7 cm³/mol. The largest absolute Gasteiger partial charge is 0.384 e. The SMILES string of the molecule is COC[C@H]1CN(C)C[C@@]12CCN(C(=O)N1CCCC1)C2. The van der Waals surface area contributed by atoms with E-state index in [2.05, 4.69) is 16.8 Å². The van der Waals surface area contributed by atoms with Crippen molar-refractivity contribution in [3.8, 4) is 0 Å². The van der Waals surface area contributed by atoms with Crippen molar-refractivity contribution < 1.29 is 9.53 Å². The first-order valence-electron chi connectivity index (χ1n) is 7.86. The molecule has 0 aliphatic carbocycles. The van der Waals surface area contributed by atoms with Crippen molar-refractivity contribution in [1.29, 1.82) is 0 Å². The van der Waals surface area contributed by atoms with Crippen molar-refractivity contribution in [1.82, 2.24) is 14.7 Å². The van der Waals surface area contributed by atoms with Gasteiger partial charge in [0.15, 0.2) is 0 Å². The molecule has 3 heterocycles. The standard InChI is InChI=1S/C15H27N3O2/c1-16-9-13(10-20-2)15(11-16)5-8-18(12-15)14(19)17-6-3-4-7-17/h13H,3-12H2,1-2H3/t13-,15-/m1/s1. The van der Waals surface area contributed by atoms with Gasteiger partial charge in [0, 0.05) is 57.7 Å². The summed E-state index contributed by atoms with van der Waals surface area (Å²) in [5.74, 6) is 0.564. The molecule has 5 heteroatoms. The maximum absolute atomic E-state index is 12.5. The van der Waals surface area contributed by atoms with Crippen LogP contribution in [-0.4, -0.2) is 80.8 Å². The Morgan fingerprint density at radius 1 is 1.20 bits per heavy atom. The van der Waals surface area contributed by atoms with Crippen LogP contribution in [0.15, 0.2) is 0 Å². The highest BCUT2D eigenvalue weighted by Gasteiger charge is 2.50. The number of ether oxygens (including phenoxy) is 1. The van der Waals surface area contributed by atoms with Crippen LogP contribution in [-0.2, 0) is 4.74 Å². The first kappa shape index (κ1) is 14.1. The number of urea groups is 1. The van der Waals surface area contributed by atoms with Crippen LogP contribution in [0.2, 0.25) is 0 Å². The zero-order chi connectivity index (χ0) is 14.2. The van der Waals surface area contributed by atoms with Gasteiger partial charge in [0.25, 0.3) is 0 Å². The first-order chi connectivity index (χ1) is 9.64. The molecular formula is C15H27N3O2. The number of likely N-dealkylation sites (tertiary alicyclic amines) is 3. The first-order valence-corrected chi connectivity index (χ1v) is 7.86. The van der Waals surface area contributed by atoms with E-state index in [0.717, 1.165) is 52.3 Å². The zero-order valence-corrected chi connectivity index (χ0v) is 12.8. The minimum atomic E-state index is 0.264. The molecule has 3 aliphatic heterocycles. The molecule has 3 aliphatic rings. The van der Waals surface area contributed by atoms with E-state index in [9.17, 15) is 4.79 Å². The molecule has 0 unspecified atom stereocenters. The topological polar surface area (TPSA) is 36.0 Å². The molecule has 3 fully saturated rings. The van der Waals surface area contributed by atoms with Crippen molar-refractivity contribution in [2.24, 2.45) is 11.3 Å². The summed E-state index contributed by atoms with van der Waals surface area (Å²) < 4.78 is 5.42. The summed E-state index contributed by atoms with van der Waals surface area (Å²) in [4.78, 5) is 19.1. The molecule has 1 spiro atoms. The molecule has 0 saturated carbocycles. The number of hydrogen-bond acceptors (Lipinski definition) is 3. The molecule has 20 heavy (non-hydrogen) atoms. The Bertz CT molecular complexity index is 370. The minimum absolute atomic E-state index is 0.264. The number of rotatable bonds is 2. The molecule has 0 aromatic carbocycles. The van der Waals surface area contributed by atoms with E-state index >= 15 is 0 Å². The lowest BCUT2D eigenvalue weighted by molar-refractivity contribution is 0.0960. The van der Waals surface area contributed by atoms with E-state index in [0.29, 0.717) is 5.92 Å². The van der Waals surface area contributed by atoms with Crippen molar-refractivity contribution in [3.63, 3.8) is 0 Å². The minimum Gasteiger partial charge on any atom is -0.384 e. The highest BCUT2D eigenvalue weighted by Crippen LogP contribution is 2.43. The van der Waals surface area contributed by atoms with Gasteiger partial charge in [-0.05, 0) is 26.3 Å². The second kappa shape index (κ2) is 5.53. The Morgan fingerprint density at radius 3 is 2.65 bits per heavy atom. The highest BCUT2D eigenvalue weighted by atomic mass is 16.5. The predicted octanol–water partition coefficient (Wildman–Crippen LogP) is 1.10. The Balaban J connectivity index is 1.66. The third-order valence-electron chi connectivity index (χ3n) is 5.38. The van der Waals surface area contributed by atoms with Gasteiger partial charge in [0.05, 0.1) is 6.61 Å². The Labute approximate surface area is 121 Å². The number of hydrogen-bond donors (Lipinski definition) is 0. The second-order valence-electron chi connectivity index (χ2n) is 6.86. The van der Waals surface area contributed by atoms with Crippen LogP contribution >= 0.6 is 0 Å².